The molecule has 3 nitrogen and oxygen atoms in total. The maximum atomic E-state index is 10.4. The van der Waals surface area contributed by atoms with Crippen LogP contribution in [0.25, 0.3) is 10.2 Å². The molecule has 4 heteroatoms. The molecule has 1 fully saturated rings. The minimum Gasteiger partial charge on any atom is -0.390 e. The van der Waals surface area contributed by atoms with Gasteiger partial charge in [-0.25, -0.2) is 4.98 Å². The van der Waals surface area contributed by atoms with E-state index in [4.69, 9.17) is 4.74 Å². The fraction of sp³-hybridized carbons (Fsp3) is 0.533. The molecule has 1 aliphatic rings. The summed E-state index contributed by atoms with van der Waals surface area (Å²) >= 11 is 1.67. The molecule has 0 spiro atoms. The Balaban J connectivity index is 1.72. The third-order valence-electron chi connectivity index (χ3n) is 3.55. The lowest BCUT2D eigenvalue weighted by Crippen LogP contribution is -2.32. The van der Waals surface area contributed by atoms with Crippen molar-refractivity contribution in [3.8, 4) is 0 Å². The van der Waals surface area contributed by atoms with Gasteiger partial charge in [0, 0.05) is 13.0 Å². The van der Waals surface area contributed by atoms with Crippen LogP contribution in [0.4, 0.5) is 0 Å². The van der Waals surface area contributed by atoms with E-state index in [0.717, 1.165) is 10.5 Å². The van der Waals surface area contributed by atoms with Crippen molar-refractivity contribution >= 4 is 21.6 Å². The molecule has 1 aliphatic carbocycles. The van der Waals surface area contributed by atoms with Gasteiger partial charge in [-0.2, -0.15) is 0 Å². The Morgan fingerprint density at radius 3 is 2.89 bits per heavy atom. The Bertz CT molecular complexity index is 517. The topological polar surface area (TPSA) is 42.4 Å². The average Bonchev–Trinajstić information content (AvgIpc) is 3.15. The summed E-state index contributed by atoms with van der Waals surface area (Å²) < 4.78 is 6.89. The van der Waals surface area contributed by atoms with Crippen molar-refractivity contribution in [3.05, 3.63) is 29.3 Å². The van der Waals surface area contributed by atoms with Gasteiger partial charge in [0.1, 0.15) is 0 Å². The van der Waals surface area contributed by atoms with Gasteiger partial charge in [0.2, 0.25) is 0 Å². The Labute approximate surface area is 117 Å². The van der Waals surface area contributed by atoms with Crippen LogP contribution in [0.15, 0.2) is 24.3 Å². The van der Waals surface area contributed by atoms with Gasteiger partial charge >= 0.3 is 0 Å². The van der Waals surface area contributed by atoms with Crippen LogP contribution in [-0.4, -0.2) is 28.9 Å². The highest BCUT2D eigenvalue weighted by Crippen LogP contribution is 2.37. The highest BCUT2D eigenvalue weighted by molar-refractivity contribution is 7.18. The maximum Gasteiger partial charge on any atom is 0.0965 e. The SMILES string of the molecule is CCOC(C(O)Cc1nc2ccccc2s1)C1CC1. The third kappa shape index (κ3) is 2.96. The number of hydrogen-bond donors (Lipinski definition) is 1. The lowest BCUT2D eigenvalue weighted by molar-refractivity contribution is -0.0439. The molecule has 1 saturated carbocycles. The fourth-order valence-corrected chi connectivity index (χ4v) is 3.50. The van der Waals surface area contributed by atoms with Crippen LogP contribution in [0, 0.1) is 5.92 Å². The normalized spacial score (nSPS) is 18.6. The second-order valence-electron chi connectivity index (χ2n) is 5.10. The lowest BCUT2D eigenvalue weighted by atomic mass is 10.1. The zero-order valence-electron chi connectivity index (χ0n) is 11.1. The summed E-state index contributed by atoms with van der Waals surface area (Å²) in [6.45, 7) is 2.65. The monoisotopic (exact) mass is 277 g/mol. The second kappa shape index (κ2) is 5.57. The number of hydrogen-bond acceptors (Lipinski definition) is 4. The third-order valence-corrected chi connectivity index (χ3v) is 4.61. The smallest absolute Gasteiger partial charge is 0.0965 e. The van der Waals surface area contributed by atoms with Gasteiger partial charge in [-0.3, -0.25) is 0 Å². The summed E-state index contributed by atoms with van der Waals surface area (Å²) in [7, 11) is 0. The van der Waals surface area contributed by atoms with Crippen molar-refractivity contribution in [3.63, 3.8) is 0 Å². The van der Waals surface area contributed by atoms with Gasteiger partial charge in [0.05, 0.1) is 27.4 Å². The first-order valence-electron chi connectivity index (χ1n) is 6.92. The van der Waals surface area contributed by atoms with E-state index in [-0.39, 0.29) is 6.10 Å². The van der Waals surface area contributed by atoms with Crippen LogP contribution in [0.1, 0.15) is 24.8 Å². The molecule has 0 saturated heterocycles. The highest BCUT2D eigenvalue weighted by Gasteiger charge is 2.36. The minimum atomic E-state index is -0.437. The number of ether oxygens (including phenoxy) is 1. The van der Waals surface area contributed by atoms with Gasteiger partial charge in [-0.05, 0) is 37.8 Å². The second-order valence-corrected chi connectivity index (χ2v) is 6.22. The van der Waals surface area contributed by atoms with Crippen molar-refractivity contribution in [2.75, 3.05) is 6.61 Å². The summed E-state index contributed by atoms with van der Waals surface area (Å²) in [6.07, 6.45) is 2.51. The van der Waals surface area contributed by atoms with Crippen LogP contribution in [0.5, 0.6) is 0 Å². The van der Waals surface area contributed by atoms with E-state index in [9.17, 15) is 5.11 Å². The van der Waals surface area contributed by atoms with Gasteiger partial charge in [-0.15, -0.1) is 11.3 Å². The van der Waals surface area contributed by atoms with E-state index >= 15 is 0 Å². The fourth-order valence-electron chi connectivity index (χ4n) is 2.48. The summed E-state index contributed by atoms with van der Waals surface area (Å²) in [4.78, 5) is 4.58. The number of para-hydroxylation sites is 1. The summed E-state index contributed by atoms with van der Waals surface area (Å²) in [5.41, 5.74) is 1.02. The van der Waals surface area contributed by atoms with E-state index in [1.165, 1.54) is 17.5 Å². The van der Waals surface area contributed by atoms with E-state index < -0.39 is 6.10 Å². The first kappa shape index (κ1) is 13.0. The number of rotatable bonds is 6. The predicted molar refractivity (Wildman–Crippen MR) is 77.5 cm³/mol. The molecule has 1 aromatic carbocycles. The van der Waals surface area contributed by atoms with Crippen molar-refractivity contribution in [2.24, 2.45) is 5.92 Å². The molecule has 1 heterocycles. The molecule has 1 N–H and O–H groups in total. The number of aliphatic hydroxyl groups is 1. The Hall–Kier alpha value is -0.970. The quantitative estimate of drug-likeness (QED) is 0.882. The van der Waals surface area contributed by atoms with Crippen molar-refractivity contribution in [1.82, 2.24) is 4.98 Å². The molecule has 2 atom stereocenters. The first-order valence-corrected chi connectivity index (χ1v) is 7.73. The van der Waals surface area contributed by atoms with Crippen molar-refractivity contribution < 1.29 is 9.84 Å². The summed E-state index contributed by atoms with van der Waals surface area (Å²) in [5.74, 6) is 0.546. The van der Waals surface area contributed by atoms with E-state index in [2.05, 4.69) is 11.1 Å². The van der Waals surface area contributed by atoms with Gasteiger partial charge in [0.25, 0.3) is 0 Å². The van der Waals surface area contributed by atoms with Crippen LogP contribution in [-0.2, 0) is 11.2 Å². The molecule has 3 rings (SSSR count). The molecule has 0 aliphatic heterocycles. The number of thiazole rings is 1. The molecule has 0 bridgehead atoms. The lowest BCUT2D eigenvalue weighted by Gasteiger charge is -2.21. The Kier molecular flexibility index (Phi) is 3.82. The van der Waals surface area contributed by atoms with Gasteiger partial charge in [-0.1, -0.05) is 12.1 Å². The molecule has 2 aromatic rings. The number of fused-ring (bicyclic) bond motifs is 1. The molecule has 0 amide bonds. The summed E-state index contributed by atoms with van der Waals surface area (Å²) in [6, 6.07) is 8.11. The highest BCUT2D eigenvalue weighted by atomic mass is 32.1. The number of benzene rings is 1. The standard InChI is InChI=1S/C15H19NO2S/c1-2-18-15(10-7-8-10)12(17)9-14-16-11-5-3-4-6-13(11)19-14/h3-6,10,12,15,17H,2,7-9H2,1H3. The Morgan fingerprint density at radius 2 is 2.21 bits per heavy atom. The number of nitrogens with zero attached hydrogens (tertiary/aromatic N) is 1. The average molecular weight is 277 g/mol. The van der Waals surface area contributed by atoms with Crippen LogP contribution < -0.4 is 0 Å². The molecule has 102 valence electrons. The maximum absolute atomic E-state index is 10.4. The summed E-state index contributed by atoms with van der Waals surface area (Å²) in [5, 5.41) is 11.4. The minimum absolute atomic E-state index is 0.0167. The molecule has 2 unspecified atom stereocenters. The van der Waals surface area contributed by atoms with Crippen LogP contribution in [0.2, 0.25) is 0 Å². The van der Waals surface area contributed by atoms with Gasteiger partial charge < -0.3 is 9.84 Å². The molecular formula is C15H19NO2S. The van der Waals surface area contributed by atoms with Crippen molar-refractivity contribution in [2.45, 2.75) is 38.4 Å². The molecular weight excluding hydrogens is 258 g/mol. The number of aliphatic hydroxyl groups excluding tert-OH is 1. The van der Waals surface area contributed by atoms with E-state index in [0.29, 0.717) is 18.9 Å². The molecule has 1 aromatic heterocycles. The first-order chi connectivity index (χ1) is 9.28. The predicted octanol–water partition coefficient (Wildman–Crippen LogP) is 3.01. The number of aromatic nitrogens is 1. The molecule has 0 radical (unpaired) electrons. The Morgan fingerprint density at radius 1 is 1.42 bits per heavy atom. The van der Waals surface area contributed by atoms with Gasteiger partial charge in [0.15, 0.2) is 0 Å². The zero-order chi connectivity index (χ0) is 13.2. The van der Waals surface area contributed by atoms with Crippen molar-refractivity contribution in [1.29, 1.82) is 0 Å². The van der Waals surface area contributed by atoms with Crippen LogP contribution >= 0.6 is 11.3 Å². The molecule has 19 heavy (non-hydrogen) atoms. The largest absolute Gasteiger partial charge is 0.390 e. The van der Waals surface area contributed by atoms with E-state index in [1.807, 2.05) is 25.1 Å². The van der Waals surface area contributed by atoms with Crippen LogP contribution in [0.3, 0.4) is 0 Å². The van der Waals surface area contributed by atoms with E-state index in [1.54, 1.807) is 11.3 Å². The zero-order valence-corrected chi connectivity index (χ0v) is 11.9.